The second-order valence-corrected chi connectivity index (χ2v) is 8.79. The molecule has 11 heteroatoms. The number of pyridine rings is 2. The molecule has 2 saturated heterocycles. The number of nitrogens with two attached hydrogens (primary N) is 1. The van der Waals surface area contributed by atoms with Crippen molar-refractivity contribution >= 4 is 35.9 Å². The second-order valence-electron chi connectivity index (χ2n) is 8.79. The first-order valence-corrected chi connectivity index (χ1v) is 12.4. The van der Waals surface area contributed by atoms with Crippen LogP contribution in [0.5, 0.6) is 0 Å². The van der Waals surface area contributed by atoms with Crippen molar-refractivity contribution in [3.63, 3.8) is 0 Å². The van der Waals surface area contributed by atoms with Crippen LogP contribution in [0.25, 0.3) is 0 Å². The largest absolute Gasteiger partial charge is 0.398 e. The molecule has 0 aromatic carbocycles. The second kappa shape index (κ2) is 13.9. The van der Waals surface area contributed by atoms with Crippen LogP contribution in [0.15, 0.2) is 18.3 Å². The Balaban J connectivity index is 0.000000197. The van der Waals surface area contributed by atoms with E-state index in [-0.39, 0.29) is 5.91 Å². The maximum atomic E-state index is 11.7. The number of fused-ring (bicyclic) bond motifs is 1. The van der Waals surface area contributed by atoms with Crippen molar-refractivity contribution in [2.75, 3.05) is 49.3 Å². The predicted octanol–water partition coefficient (Wildman–Crippen LogP) is 2.30. The minimum atomic E-state index is 0.124. The molecule has 0 atom stereocenters. The van der Waals surface area contributed by atoms with E-state index < -0.39 is 0 Å². The van der Waals surface area contributed by atoms with Gasteiger partial charge in [-0.05, 0) is 43.7 Å². The monoisotopic (exact) mass is 507 g/mol. The van der Waals surface area contributed by atoms with Crippen molar-refractivity contribution < 1.29 is 19.1 Å². The Hall–Kier alpha value is -4.04. The fraction of sp³-hybridized carbons (Fsp3) is 0.462. The van der Waals surface area contributed by atoms with Crippen molar-refractivity contribution in [1.29, 1.82) is 5.26 Å². The van der Waals surface area contributed by atoms with Crippen LogP contribution in [0.1, 0.15) is 59.3 Å². The normalized spacial score (nSPS) is 15.9. The topological polar surface area (TPSA) is 155 Å². The van der Waals surface area contributed by atoms with Crippen molar-refractivity contribution in [2.24, 2.45) is 0 Å². The van der Waals surface area contributed by atoms with Gasteiger partial charge in [0.15, 0.2) is 6.29 Å². The number of hydrogen-bond donors (Lipinski definition) is 2. The van der Waals surface area contributed by atoms with E-state index in [0.717, 1.165) is 56.6 Å². The number of aldehydes is 1. The molecule has 196 valence electrons. The fourth-order valence-corrected chi connectivity index (χ4v) is 4.20. The molecule has 0 spiro atoms. The third kappa shape index (κ3) is 7.47. The summed E-state index contributed by atoms with van der Waals surface area (Å²) >= 11 is 0. The zero-order valence-corrected chi connectivity index (χ0v) is 21.1. The number of carbonyl (C=O) groups excluding carboxylic acids is 3. The quantitative estimate of drug-likeness (QED) is 0.580. The summed E-state index contributed by atoms with van der Waals surface area (Å²) in [4.78, 5) is 45.6. The van der Waals surface area contributed by atoms with Crippen LogP contribution in [0.2, 0.25) is 0 Å². The van der Waals surface area contributed by atoms with Crippen molar-refractivity contribution in [3.05, 3.63) is 40.7 Å². The Labute approximate surface area is 216 Å². The van der Waals surface area contributed by atoms with Crippen LogP contribution < -0.4 is 16.0 Å². The minimum absolute atomic E-state index is 0.124. The smallest absolute Gasteiger partial charge is 0.222 e. The molecule has 0 radical (unpaired) electrons. The maximum Gasteiger partial charge on any atom is 0.222 e. The van der Waals surface area contributed by atoms with E-state index in [1.807, 2.05) is 12.1 Å². The number of aryl methyl sites for hydroxylation is 1. The molecule has 0 unspecified atom stereocenters. The Morgan fingerprint density at radius 1 is 1.16 bits per heavy atom. The lowest BCUT2D eigenvalue weighted by Crippen LogP contribution is -2.30. The van der Waals surface area contributed by atoms with E-state index in [0.29, 0.717) is 54.4 Å². The van der Waals surface area contributed by atoms with Gasteiger partial charge in [-0.1, -0.05) is 0 Å². The zero-order chi connectivity index (χ0) is 26.6. The molecule has 0 aliphatic carbocycles. The highest BCUT2D eigenvalue weighted by molar-refractivity contribution is 5.82. The highest BCUT2D eigenvalue weighted by Gasteiger charge is 2.24. The van der Waals surface area contributed by atoms with Gasteiger partial charge in [-0.3, -0.25) is 19.3 Å². The highest BCUT2D eigenvalue weighted by atomic mass is 16.5. The van der Waals surface area contributed by atoms with E-state index in [4.69, 9.17) is 15.7 Å². The first kappa shape index (κ1) is 27.5. The average Bonchev–Trinajstić information content (AvgIpc) is 3.64. The van der Waals surface area contributed by atoms with Gasteiger partial charge in [-0.25, -0.2) is 9.97 Å². The Kier molecular flexibility index (Phi) is 10.3. The first-order valence-electron chi connectivity index (χ1n) is 12.4. The lowest BCUT2D eigenvalue weighted by atomic mass is 10.0. The van der Waals surface area contributed by atoms with Crippen LogP contribution in [0.4, 0.5) is 17.3 Å². The standard InChI is InChI=1S/C15H17N3O3.C7H8N4.C4H8O/c19-9-13-12(8-17-5-2-4-14(17)21)7-11-3-1-6-18(10-20)15(11)16-13;1-10-7-2-6(9)5(3-8)4-11-7;1-2-4-5-3-1/h7,9-10H,1-6,8H2;2,4H,1H3,(H3,9,10,11);1-4H2. The van der Waals surface area contributed by atoms with Crippen molar-refractivity contribution in [1.82, 2.24) is 14.9 Å². The van der Waals surface area contributed by atoms with Gasteiger partial charge in [-0.15, -0.1) is 0 Å². The van der Waals surface area contributed by atoms with Crippen molar-refractivity contribution in [3.8, 4) is 6.07 Å². The van der Waals surface area contributed by atoms with Crippen molar-refractivity contribution in [2.45, 2.75) is 45.1 Å². The molecular formula is C26H33N7O4. The molecule has 11 nitrogen and oxygen atoms in total. The van der Waals surface area contributed by atoms with Gasteiger partial charge in [0.05, 0.1) is 11.3 Å². The zero-order valence-electron chi connectivity index (χ0n) is 21.1. The van der Waals surface area contributed by atoms with Gasteiger partial charge in [-0.2, -0.15) is 5.26 Å². The van der Waals surface area contributed by atoms with Gasteiger partial charge in [0.25, 0.3) is 0 Å². The Morgan fingerprint density at radius 2 is 1.92 bits per heavy atom. The van der Waals surface area contributed by atoms with Crippen LogP contribution in [-0.2, 0) is 27.3 Å². The number of rotatable bonds is 5. The molecule has 37 heavy (non-hydrogen) atoms. The lowest BCUT2D eigenvalue weighted by Gasteiger charge is -2.26. The summed E-state index contributed by atoms with van der Waals surface area (Å²) in [5, 5.41) is 11.3. The number of nitriles is 1. The van der Waals surface area contributed by atoms with Crippen LogP contribution >= 0.6 is 0 Å². The number of ether oxygens (including phenoxy) is 1. The van der Waals surface area contributed by atoms with Gasteiger partial charge >= 0.3 is 0 Å². The summed E-state index contributed by atoms with van der Waals surface area (Å²) in [6.07, 6.45) is 8.63. The predicted molar refractivity (Wildman–Crippen MR) is 139 cm³/mol. The van der Waals surface area contributed by atoms with E-state index in [1.54, 1.807) is 18.0 Å². The van der Waals surface area contributed by atoms with E-state index >= 15 is 0 Å². The number of carbonyl (C=O) groups is 3. The molecule has 2 aromatic rings. The molecule has 5 heterocycles. The van der Waals surface area contributed by atoms with E-state index in [2.05, 4.69) is 15.3 Å². The summed E-state index contributed by atoms with van der Waals surface area (Å²) in [5.41, 5.74) is 8.43. The SMILES string of the molecule is C1CCOC1.CNc1cc(N)c(C#N)cn1.O=Cc1nc2c(cc1CN1CCCC1=O)CCCN2C=O. The summed E-state index contributed by atoms with van der Waals surface area (Å²) < 4.78 is 4.94. The number of likely N-dealkylation sites (tertiary alicyclic amines) is 1. The maximum absolute atomic E-state index is 11.7. The molecule has 2 amide bonds. The minimum Gasteiger partial charge on any atom is -0.398 e. The fourth-order valence-electron chi connectivity index (χ4n) is 4.20. The number of amides is 2. The van der Waals surface area contributed by atoms with Gasteiger partial charge in [0.1, 0.15) is 23.4 Å². The highest BCUT2D eigenvalue weighted by Crippen LogP contribution is 2.27. The lowest BCUT2D eigenvalue weighted by molar-refractivity contribution is -0.128. The van der Waals surface area contributed by atoms with E-state index in [1.165, 1.54) is 23.9 Å². The number of hydrogen-bond acceptors (Lipinski definition) is 9. The summed E-state index contributed by atoms with van der Waals surface area (Å²) in [5.74, 6) is 1.37. The number of nitrogens with zero attached hydrogens (tertiary/aromatic N) is 5. The molecule has 3 N–H and O–H groups in total. The number of nitrogens with one attached hydrogen (secondary N) is 1. The van der Waals surface area contributed by atoms with E-state index in [9.17, 15) is 14.4 Å². The van der Waals surface area contributed by atoms with Crippen LogP contribution in [0.3, 0.4) is 0 Å². The third-order valence-corrected chi connectivity index (χ3v) is 6.22. The Morgan fingerprint density at radius 3 is 2.46 bits per heavy atom. The molecular weight excluding hydrogens is 474 g/mol. The molecule has 3 aliphatic heterocycles. The summed E-state index contributed by atoms with van der Waals surface area (Å²) in [6, 6.07) is 5.48. The van der Waals surface area contributed by atoms with Crippen LogP contribution in [0, 0.1) is 11.3 Å². The van der Waals surface area contributed by atoms with Gasteiger partial charge in [0, 0.05) is 64.1 Å². The van der Waals surface area contributed by atoms with Gasteiger partial charge in [0.2, 0.25) is 12.3 Å². The summed E-state index contributed by atoms with van der Waals surface area (Å²) in [7, 11) is 1.74. The third-order valence-electron chi connectivity index (χ3n) is 6.22. The molecule has 0 bridgehead atoms. The van der Waals surface area contributed by atoms with Gasteiger partial charge < -0.3 is 20.7 Å². The van der Waals surface area contributed by atoms with Crippen LogP contribution in [-0.4, -0.2) is 66.8 Å². The molecule has 3 aliphatic rings. The average molecular weight is 508 g/mol. The molecule has 2 aromatic heterocycles. The Bertz CT molecular complexity index is 1140. The number of anilines is 3. The first-order chi connectivity index (χ1) is 18.0. The number of nitrogen functional groups attached to an aromatic ring is 1. The molecule has 5 rings (SSSR count). The molecule has 2 fully saturated rings. The summed E-state index contributed by atoms with van der Waals surface area (Å²) in [6.45, 7) is 3.79. The molecule has 0 saturated carbocycles. The number of aromatic nitrogens is 2.